The van der Waals surface area contributed by atoms with E-state index in [1.807, 2.05) is 22.4 Å². The summed E-state index contributed by atoms with van der Waals surface area (Å²) >= 11 is 5.04. The molecular formula is C15H14BrNOS. The minimum atomic E-state index is 0.126. The van der Waals surface area contributed by atoms with Gasteiger partial charge in [-0.15, -0.1) is 11.3 Å². The minimum absolute atomic E-state index is 0.126. The summed E-state index contributed by atoms with van der Waals surface area (Å²) in [6.07, 6.45) is 2.07. The van der Waals surface area contributed by atoms with Gasteiger partial charge in [0.15, 0.2) is 0 Å². The lowest BCUT2D eigenvalue weighted by Crippen LogP contribution is -2.35. The second-order valence-corrected chi connectivity index (χ2v) is 6.63. The highest BCUT2D eigenvalue weighted by Gasteiger charge is 2.25. The van der Waals surface area contributed by atoms with Crippen molar-refractivity contribution < 1.29 is 4.79 Å². The molecule has 2 heterocycles. The molecule has 0 N–H and O–H groups in total. The molecule has 1 amide bonds. The summed E-state index contributed by atoms with van der Waals surface area (Å²) in [6, 6.07) is 8.04. The van der Waals surface area contributed by atoms with Gasteiger partial charge in [0.2, 0.25) is 0 Å². The Hall–Kier alpha value is -1.13. The number of anilines is 1. The second kappa shape index (κ2) is 5.10. The standard InChI is InChI=1S/C15H14BrNOS/c1-10-8-12(16)9-11-4-2-6-17(14(10)11)15(18)13-5-3-7-19-13/h3,5,7-9H,2,4,6H2,1H3. The summed E-state index contributed by atoms with van der Waals surface area (Å²) in [6.45, 7) is 2.88. The third kappa shape index (κ3) is 2.35. The van der Waals surface area contributed by atoms with Crippen molar-refractivity contribution >= 4 is 38.9 Å². The maximum Gasteiger partial charge on any atom is 0.268 e. The average molecular weight is 336 g/mol. The van der Waals surface area contributed by atoms with Crippen LogP contribution in [-0.2, 0) is 6.42 Å². The zero-order valence-corrected chi connectivity index (χ0v) is 13.1. The van der Waals surface area contributed by atoms with E-state index in [0.717, 1.165) is 40.0 Å². The van der Waals surface area contributed by atoms with Gasteiger partial charge in [0.1, 0.15) is 0 Å². The van der Waals surface area contributed by atoms with Gasteiger partial charge < -0.3 is 4.90 Å². The lowest BCUT2D eigenvalue weighted by atomic mass is 9.98. The Bertz CT molecular complexity index is 621. The van der Waals surface area contributed by atoms with Crippen LogP contribution in [-0.4, -0.2) is 12.5 Å². The molecule has 1 aliphatic heterocycles. The predicted octanol–water partition coefficient (Wildman–Crippen LogP) is 4.41. The quantitative estimate of drug-likeness (QED) is 0.755. The molecule has 0 fully saturated rings. The molecule has 2 nitrogen and oxygen atoms in total. The van der Waals surface area contributed by atoms with Crippen LogP contribution in [0.15, 0.2) is 34.1 Å². The van der Waals surface area contributed by atoms with Crippen molar-refractivity contribution in [2.45, 2.75) is 19.8 Å². The molecule has 0 radical (unpaired) electrons. The average Bonchev–Trinajstić information content (AvgIpc) is 2.90. The summed E-state index contributed by atoms with van der Waals surface area (Å²) in [5.74, 6) is 0.126. The van der Waals surface area contributed by atoms with Crippen molar-refractivity contribution in [2.75, 3.05) is 11.4 Å². The van der Waals surface area contributed by atoms with E-state index in [9.17, 15) is 4.79 Å². The molecule has 0 unspecified atom stereocenters. The highest BCUT2D eigenvalue weighted by Crippen LogP contribution is 2.34. The Morgan fingerprint density at radius 2 is 2.26 bits per heavy atom. The molecule has 0 saturated heterocycles. The number of fused-ring (bicyclic) bond motifs is 1. The highest BCUT2D eigenvalue weighted by atomic mass is 79.9. The smallest absolute Gasteiger partial charge is 0.268 e. The number of hydrogen-bond donors (Lipinski definition) is 0. The summed E-state index contributed by atoms with van der Waals surface area (Å²) in [5.41, 5.74) is 3.53. The van der Waals surface area contributed by atoms with Crippen LogP contribution in [0.1, 0.15) is 27.2 Å². The Balaban J connectivity index is 2.05. The molecule has 4 heteroatoms. The number of carbonyl (C=O) groups excluding carboxylic acids is 1. The largest absolute Gasteiger partial charge is 0.307 e. The van der Waals surface area contributed by atoms with Gasteiger partial charge in [-0.2, -0.15) is 0 Å². The summed E-state index contributed by atoms with van der Waals surface area (Å²) < 4.78 is 1.09. The molecular weight excluding hydrogens is 322 g/mol. The summed E-state index contributed by atoms with van der Waals surface area (Å²) in [7, 11) is 0. The van der Waals surface area contributed by atoms with E-state index in [4.69, 9.17) is 0 Å². The van der Waals surface area contributed by atoms with Crippen LogP contribution in [0, 0.1) is 6.92 Å². The number of benzene rings is 1. The third-order valence-electron chi connectivity index (χ3n) is 3.42. The first-order chi connectivity index (χ1) is 9.16. The van der Waals surface area contributed by atoms with Gasteiger partial charge in [0.05, 0.1) is 10.6 Å². The normalized spacial score (nSPS) is 14.3. The lowest BCUT2D eigenvalue weighted by Gasteiger charge is -2.31. The van der Waals surface area contributed by atoms with Gasteiger partial charge in [0.25, 0.3) is 5.91 Å². The fraction of sp³-hybridized carbons (Fsp3) is 0.267. The molecule has 3 rings (SSSR count). The fourth-order valence-corrected chi connectivity index (χ4v) is 3.95. The number of hydrogen-bond acceptors (Lipinski definition) is 2. The number of halogens is 1. The number of nitrogens with zero attached hydrogens (tertiary/aromatic N) is 1. The van der Waals surface area contributed by atoms with E-state index in [-0.39, 0.29) is 5.91 Å². The molecule has 2 aromatic rings. The Labute approximate surface area is 125 Å². The maximum atomic E-state index is 12.6. The van der Waals surface area contributed by atoms with E-state index < -0.39 is 0 Å². The molecule has 0 aliphatic carbocycles. The molecule has 1 aliphatic rings. The first-order valence-electron chi connectivity index (χ1n) is 6.31. The summed E-state index contributed by atoms with van der Waals surface area (Å²) in [5, 5.41) is 1.95. The van der Waals surface area contributed by atoms with Gasteiger partial charge in [-0.3, -0.25) is 4.79 Å². The summed E-state index contributed by atoms with van der Waals surface area (Å²) in [4.78, 5) is 15.3. The van der Waals surface area contributed by atoms with Gasteiger partial charge in [0, 0.05) is 11.0 Å². The Kier molecular flexibility index (Phi) is 3.46. The molecule has 0 atom stereocenters. The van der Waals surface area contributed by atoms with E-state index in [1.54, 1.807) is 0 Å². The zero-order chi connectivity index (χ0) is 13.4. The second-order valence-electron chi connectivity index (χ2n) is 4.77. The number of carbonyl (C=O) groups is 1. The fourth-order valence-electron chi connectivity index (χ4n) is 2.66. The topological polar surface area (TPSA) is 20.3 Å². The van der Waals surface area contributed by atoms with Crippen LogP contribution in [0.25, 0.3) is 0 Å². The first kappa shape index (κ1) is 12.9. The van der Waals surface area contributed by atoms with E-state index in [2.05, 4.69) is 35.0 Å². The van der Waals surface area contributed by atoms with Crippen LogP contribution in [0.2, 0.25) is 0 Å². The van der Waals surface area contributed by atoms with Gasteiger partial charge >= 0.3 is 0 Å². The van der Waals surface area contributed by atoms with Crippen LogP contribution in [0.4, 0.5) is 5.69 Å². The van der Waals surface area contributed by atoms with Crippen molar-refractivity contribution in [1.29, 1.82) is 0 Å². The third-order valence-corrected chi connectivity index (χ3v) is 4.73. The molecule has 1 aromatic heterocycles. The van der Waals surface area contributed by atoms with E-state index in [1.165, 1.54) is 16.9 Å². The molecule has 0 saturated carbocycles. The molecule has 0 bridgehead atoms. The predicted molar refractivity (Wildman–Crippen MR) is 83.2 cm³/mol. The number of amides is 1. The molecule has 19 heavy (non-hydrogen) atoms. The van der Waals surface area contributed by atoms with Crippen LogP contribution in [0.5, 0.6) is 0 Å². The molecule has 0 spiro atoms. The molecule has 1 aromatic carbocycles. The van der Waals surface area contributed by atoms with Gasteiger partial charge in [-0.25, -0.2) is 0 Å². The number of aryl methyl sites for hydroxylation is 2. The van der Waals surface area contributed by atoms with Crippen molar-refractivity contribution in [3.8, 4) is 0 Å². The maximum absolute atomic E-state index is 12.6. The van der Waals surface area contributed by atoms with E-state index >= 15 is 0 Å². The van der Waals surface area contributed by atoms with Crippen molar-refractivity contribution in [3.05, 3.63) is 50.1 Å². The lowest BCUT2D eigenvalue weighted by molar-refractivity contribution is 0.0989. The monoisotopic (exact) mass is 335 g/mol. The van der Waals surface area contributed by atoms with Gasteiger partial charge in [-0.05, 0) is 54.5 Å². The Morgan fingerprint density at radius 1 is 1.42 bits per heavy atom. The van der Waals surface area contributed by atoms with Crippen LogP contribution >= 0.6 is 27.3 Å². The Morgan fingerprint density at radius 3 is 3.00 bits per heavy atom. The van der Waals surface area contributed by atoms with Crippen molar-refractivity contribution in [1.82, 2.24) is 0 Å². The van der Waals surface area contributed by atoms with E-state index in [0.29, 0.717) is 0 Å². The molecule has 98 valence electrons. The van der Waals surface area contributed by atoms with Crippen molar-refractivity contribution in [3.63, 3.8) is 0 Å². The SMILES string of the molecule is Cc1cc(Br)cc2c1N(C(=O)c1cccs1)CCC2. The number of rotatable bonds is 1. The minimum Gasteiger partial charge on any atom is -0.307 e. The number of thiophene rings is 1. The van der Waals surface area contributed by atoms with Gasteiger partial charge in [-0.1, -0.05) is 22.0 Å². The van der Waals surface area contributed by atoms with Crippen LogP contribution < -0.4 is 4.90 Å². The first-order valence-corrected chi connectivity index (χ1v) is 7.98. The van der Waals surface area contributed by atoms with Crippen LogP contribution in [0.3, 0.4) is 0 Å². The van der Waals surface area contributed by atoms with Crippen molar-refractivity contribution in [2.24, 2.45) is 0 Å². The zero-order valence-electron chi connectivity index (χ0n) is 10.6. The highest BCUT2D eigenvalue weighted by molar-refractivity contribution is 9.10.